The molecule has 1 aliphatic rings. The molecule has 2 heterocycles. The number of hydrogen-bond donors (Lipinski definition) is 2. The summed E-state index contributed by atoms with van der Waals surface area (Å²) in [7, 11) is 0. The molecular formula is C27H27N5S. The zero-order valence-electron chi connectivity index (χ0n) is 19.0. The number of benzene rings is 2. The molecule has 1 unspecified atom stereocenters. The maximum atomic E-state index is 5.62. The van der Waals surface area contributed by atoms with E-state index in [1.54, 1.807) is 23.7 Å². The fourth-order valence-electron chi connectivity index (χ4n) is 4.56. The van der Waals surface area contributed by atoms with E-state index in [4.69, 9.17) is 5.73 Å². The van der Waals surface area contributed by atoms with Crippen LogP contribution >= 0.6 is 11.3 Å². The molecule has 166 valence electrons. The Morgan fingerprint density at radius 3 is 2.15 bits per heavy atom. The van der Waals surface area contributed by atoms with Crippen LogP contribution in [0, 0.1) is 12.8 Å². The first-order chi connectivity index (χ1) is 16.0. The topological polar surface area (TPSA) is 76.7 Å². The predicted molar refractivity (Wildman–Crippen MR) is 137 cm³/mol. The number of thiazole rings is 1. The molecule has 0 radical (unpaired) electrons. The highest BCUT2D eigenvalue weighted by Gasteiger charge is 2.44. The monoisotopic (exact) mass is 453 g/mol. The van der Waals surface area contributed by atoms with Crippen molar-refractivity contribution in [3.05, 3.63) is 88.6 Å². The zero-order valence-corrected chi connectivity index (χ0v) is 19.9. The predicted octanol–water partition coefficient (Wildman–Crippen LogP) is 6.45. The van der Waals surface area contributed by atoms with Crippen molar-refractivity contribution < 1.29 is 0 Å². The number of aryl methyl sites for hydroxylation is 1. The second-order valence-corrected chi connectivity index (χ2v) is 9.87. The van der Waals surface area contributed by atoms with Crippen LogP contribution in [-0.4, -0.2) is 15.0 Å². The number of nitrogens with zero attached hydrogens (tertiary/aromatic N) is 3. The molecule has 33 heavy (non-hydrogen) atoms. The van der Waals surface area contributed by atoms with Gasteiger partial charge in [0.25, 0.3) is 0 Å². The van der Waals surface area contributed by atoms with Gasteiger partial charge in [-0.25, -0.2) is 15.0 Å². The Balaban J connectivity index is 1.37. The molecule has 0 saturated carbocycles. The van der Waals surface area contributed by atoms with Crippen LogP contribution < -0.4 is 11.1 Å². The molecule has 1 atom stereocenters. The molecule has 2 aromatic heterocycles. The molecule has 0 fully saturated rings. The highest BCUT2D eigenvalue weighted by atomic mass is 32.1. The minimum atomic E-state index is -0.0269. The van der Waals surface area contributed by atoms with Crippen molar-refractivity contribution in [3.8, 4) is 22.4 Å². The molecule has 0 aliphatic heterocycles. The summed E-state index contributed by atoms with van der Waals surface area (Å²) in [6.07, 6.45) is 6.86. The van der Waals surface area contributed by atoms with Gasteiger partial charge in [-0.15, -0.1) is 11.3 Å². The van der Waals surface area contributed by atoms with Crippen LogP contribution in [0.25, 0.3) is 22.4 Å². The summed E-state index contributed by atoms with van der Waals surface area (Å²) in [5.41, 5.74) is 13.5. The molecule has 6 heteroatoms. The molecule has 5 nitrogen and oxygen atoms in total. The molecule has 3 N–H and O–H groups in total. The first kappa shape index (κ1) is 21.3. The summed E-state index contributed by atoms with van der Waals surface area (Å²) in [6.45, 7) is 6.63. The minimum absolute atomic E-state index is 0.0269. The second kappa shape index (κ2) is 8.45. The van der Waals surface area contributed by atoms with Gasteiger partial charge >= 0.3 is 0 Å². The minimum Gasteiger partial charge on any atom is -0.368 e. The highest BCUT2D eigenvalue weighted by Crippen LogP contribution is 2.49. The van der Waals surface area contributed by atoms with Crippen molar-refractivity contribution in [2.75, 3.05) is 11.1 Å². The summed E-state index contributed by atoms with van der Waals surface area (Å²) < 4.78 is 0. The summed E-state index contributed by atoms with van der Waals surface area (Å²) in [5.74, 6) is 0.743. The summed E-state index contributed by atoms with van der Waals surface area (Å²) >= 11 is 1.68. The van der Waals surface area contributed by atoms with Gasteiger partial charge in [0.2, 0.25) is 5.95 Å². The quantitative estimate of drug-likeness (QED) is 0.351. The number of hydrogen-bond acceptors (Lipinski definition) is 6. The Kier molecular flexibility index (Phi) is 5.46. The van der Waals surface area contributed by atoms with Crippen LogP contribution in [0.1, 0.15) is 30.8 Å². The lowest BCUT2D eigenvalue weighted by atomic mass is 9.61. The van der Waals surface area contributed by atoms with Crippen molar-refractivity contribution in [1.82, 2.24) is 15.0 Å². The first-order valence-corrected chi connectivity index (χ1v) is 12.0. The van der Waals surface area contributed by atoms with Crippen molar-refractivity contribution in [1.29, 1.82) is 0 Å². The Morgan fingerprint density at radius 2 is 1.61 bits per heavy atom. The summed E-state index contributed by atoms with van der Waals surface area (Å²) in [6, 6.07) is 17.3. The van der Waals surface area contributed by atoms with E-state index in [1.165, 1.54) is 11.3 Å². The fourth-order valence-corrected chi connectivity index (χ4v) is 5.19. The van der Waals surface area contributed by atoms with Gasteiger partial charge in [-0.1, -0.05) is 56.3 Å². The third-order valence-corrected chi connectivity index (χ3v) is 7.35. The van der Waals surface area contributed by atoms with Gasteiger partial charge in [-0.05, 0) is 42.5 Å². The van der Waals surface area contributed by atoms with E-state index in [0.717, 1.165) is 39.5 Å². The lowest BCUT2D eigenvalue weighted by Gasteiger charge is -2.46. The molecule has 2 aromatic carbocycles. The van der Waals surface area contributed by atoms with E-state index in [-0.39, 0.29) is 5.41 Å². The van der Waals surface area contributed by atoms with Gasteiger partial charge in [-0.2, -0.15) is 0 Å². The molecule has 0 amide bonds. The van der Waals surface area contributed by atoms with E-state index in [2.05, 4.69) is 94.1 Å². The SMILES string of the molecule is Cc1nc(-c2ccc(NC3=CCC3(c3ccc(-c4cnc(N)nc4)cc3)C(C)C)cc2)cs1. The van der Waals surface area contributed by atoms with Crippen LogP contribution in [0.4, 0.5) is 11.6 Å². The number of aromatic nitrogens is 3. The van der Waals surface area contributed by atoms with E-state index < -0.39 is 0 Å². The first-order valence-electron chi connectivity index (χ1n) is 11.1. The van der Waals surface area contributed by atoms with Crippen molar-refractivity contribution in [3.63, 3.8) is 0 Å². The van der Waals surface area contributed by atoms with Gasteiger partial charge in [0.05, 0.1) is 10.7 Å². The smallest absolute Gasteiger partial charge is 0.219 e. The summed E-state index contributed by atoms with van der Waals surface area (Å²) in [5, 5.41) is 6.89. The molecule has 0 bridgehead atoms. The van der Waals surface area contributed by atoms with Crippen molar-refractivity contribution >= 4 is 23.0 Å². The van der Waals surface area contributed by atoms with Crippen LogP contribution in [0.5, 0.6) is 0 Å². The van der Waals surface area contributed by atoms with Gasteiger partial charge < -0.3 is 11.1 Å². The van der Waals surface area contributed by atoms with Gasteiger partial charge in [0.15, 0.2) is 0 Å². The van der Waals surface area contributed by atoms with E-state index >= 15 is 0 Å². The van der Waals surface area contributed by atoms with Crippen LogP contribution in [0.15, 0.2) is 78.1 Å². The molecule has 4 aromatic rings. The number of nitrogen functional groups attached to an aromatic ring is 1. The third-order valence-electron chi connectivity index (χ3n) is 6.58. The van der Waals surface area contributed by atoms with Crippen LogP contribution in [-0.2, 0) is 5.41 Å². The number of nitrogens with one attached hydrogen (secondary N) is 1. The zero-order chi connectivity index (χ0) is 23.0. The molecule has 0 spiro atoms. The highest BCUT2D eigenvalue weighted by molar-refractivity contribution is 7.09. The maximum Gasteiger partial charge on any atom is 0.219 e. The fraction of sp³-hybridized carbons (Fsp3) is 0.222. The van der Waals surface area contributed by atoms with Crippen molar-refractivity contribution in [2.24, 2.45) is 5.92 Å². The van der Waals surface area contributed by atoms with Gasteiger partial charge in [0, 0.05) is 45.7 Å². The number of nitrogens with two attached hydrogens (primary N) is 1. The lowest BCUT2D eigenvalue weighted by molar-refractivity contribution is 0.333. The maximum absolute atomic E-state index is 5.62. The Labute approximate surface area is 198 Å². The van der Waals surface area contributed by atoms with E-state index in [0.29, 0.717) is 11.9 Å². The van der Waals surface area contributed by atoms with Gasteiger partial charge in [-0.3, -0.25) is 0 Å². The number of allylic oxidation sites excluding steroid dienone is 2. The normalized spacial score (nSPS) is 17.5. The number of rotatable bonds is 6. The molecule has 5 rings (SSSR count). The number of anilines is 2. The Bertz CT molecular complexity index is 1290. The average molecular weight is 454 g/mol. The Morgan fingerprint density at radius 1 is 0.939 bits per heavy atom. The largest absolute Gasteiger partial charge is 0.368 e. The van der Waals surface area contributed by atoms with Crippen molar-refractivity contribution in [2.45, 2.75) is 32.6 Å². The van der Waals surface area contributed by atoms with E-state index in [9.17, 15) is 0 Å². The standard InChI is InChI=1S/C27H27N5S/c1-17(2)27(22-8-4-19(5-9-22)21-14-29-26(28)30-15-21)13-12-25(27)32-23-10-6-20(7-11-23)24-16-33-18(3)31-24/h4-12,14-17,32H,13H2,1-3H3,(H2,28,29,30). The van der Waals surface area contributed by atoms with Gasteiger partial charge in [0.1, 0.15) is 0 Å². The average Bonchev–Trinajstić information content (AvgIpc) is 3.24. The molecule has 0 saturated heterocycles. The Hall–Kier alpha value is -3.51. The lowest BCUT2D eigenvalue weighted by Crippen LogP contribution is -2.42. The van der Waals surface area contributed by atoms with E-state index in [1.807, 2.05) is 6.92 Å². The summed E-state index contributed by atoms with van der Waals surface area (Å²) in [4.78, 5) is 12.8. The third kappa shape index (κ3) is 3.91. The second-order valence-electron chi connectivity index (χ2n) is 8.81. The van der Waals surface area contributed by atoms with Crippen LogP contribution in [0.3, 0.4) is 0 Å². The van der Waals surface area contributed by atoms with Crippen LogP contribution in [0.2, 0.25) is 0 Å². The molecule has 1 aliphatic carbocycles. The molecular weight excluding hydrogens is 426 g/mol.